The molecule has 0 unspecified atom stereocenters. The Hall–Kier alpha value is -1.68. The molecule has 8 nitrogen and oxygen atoms in total. The van der Waals surface area contributed by atoms with Gasteiger partial charge in [0.15, 0.2) is 6.61 Å². The van der Waals surface area contributed by atoms with E-state index in [0.717, 1.165) is 0 Å². The van der Waals surface area contributed by atoms with Crippen LogP contribution in [0.4, 0.5) is 0 Å². The first-order valence-electron chi connectivity index (χ1n) is 6.87. The van der Waals surface area contributed by atoms with Crippen LogP contribution >= 0.6 is 11.6 Å². The molecule has 0 heterocycles. The minimum atomic E-state index is -4.09. The van der Waals surface area contributed by atoms with Gasteiger partial charge in [0.05, 0.1) is 11.0 Å². The number of aliphatic hydroxyl groups is 1. The lowest BCUT2D eigenvalue weighted by Gasteiger charge is -2.20. The maximum absolute atomic E-state index is 12.3. The number of nitrogens with one attached hydrogen (secondary N) is 1. The van der Waals surface area contributed by atoms with Crippen LogP contribution in [-0.2, 0) is 24.3 Å². The molecule has 134 valence electrons. The Morgan fingerprint density at radius 1 is 1.29 bits per heavy atom. The van der Waals surface area contributed by atoms with Crippen LogP contribution in [0.3, 0.4) is 0 Å². The minimum absolute atomic E-state index is 0.130. The summed E-state index contributed by atoms with van der Waals surface area (Å²) in [5.41, 5.74) is 0. The van der Waals surface area contributed by atoms with Crippen LogP contribution in [0.2, 0.25) is 5.02 Å². The summed E-state index contributed by atoms with van der Waals surface area (Å²) in [6, 6.07) is 3.71. The van der Waals surface area contributed by atoms with Gasteiger partial charge < -0.3 is 14.7 Å². The third kappa shape index (κ3) is 5.75. The number of halogens is 1. The number of benzene rings is 1. The summed E-state index contributed by atoms with van der Waals surface area (Å²) in [5, 5.41) is 10.0. The third-order valence-corrected chi connectivity index (χ3v) is 4.69. The van der Waals surface area contributed by atoms with Crippen LogP contribution in [-0.4, -0.2) is 63.1 Å². The van der Waals surface area contributed by atoms with Crippen LogP contribution < -0.4 is 4.72 Å². The van der Waals surface area contributed by atoms with Gasteiger partial charge in [-0.05, 0) is 31.2 Å². The predicted octanol–water partition coefficient (Wildman–Crippen LogP) is -0.000900. The normalized spacial score (nSPS) is 13.9. The van der Waals surface area contributed by atoms with Gasteiger partial charge in [-0.15, -0.1) is 0 Å². The molecule has 0 saturated heterocycles. The number of sulfonamides is 1. The van der Waals surface area contributed by atoms with Crippen molar-refractivity contribution >= 4 is 33.5 Å². The van der Waals surface area contributed by atoms with E-state index in [1.807, 2.05) is 0 Å². The lowest BCUT2D eigenvalue weighted by molar-refractivity contribution is -0.154. The van der Waals surface area contributed by atoms with E-state index in [9.17, 15) is 23.1 Å². The molecule has 0 aliphatic rings. The van der Waals surface area contributed by atoms with Gasteiger partial charge in [0.1, 0.15) is 6.04 Å². The Kier molecular flexibility index (Phi) is 7.15. The molecule has 2 N–H and O–H groups in total. The molecule has 2 atom stereocenters. The van der Waals surface area contributed by atoms with Gasteiger partial charge in [-0.3, -0.25) is 9.59 Å². The molecule has 0 saturated carbocycles. The number of ether oxygens (including phenoxy) is 1. The van der Waals surface area contributed by atoms with E-state index in [1.54, 1.807) is 0 Å². The van der Waals surface area contributed by atoms with Gasteiger partial charge in [0.2, 0.25) is 10.0 Å². The molecule has 0 radical (unpaired) electrons. The quantitative estimate of drug-likeness (QED) is 0.646. The number of hydrogen-bond acceptors (Lipinski definition) is 6. The zero-order chi connectivity index (χ0) is 18.5. The SMILES string of the molecule is C[C@H](O)[C@@H](NS(=O)(=O)c1ccc(Cl)cc1)C(=O)OCC(=O)N(C)C. The van der Waals surface area contributed by atoms with Crippen molar-refractivity contribution < 1.29 is 27.9 Å². The molecule has 1 rings (SSSR count). The number of nitrogens with zero attached hydrogens (tertiary/aromatic N) is 1. The highest BCUT2D eigenvalue weighted by atomic mass is 35.5. The molecule has 0 bridgehead atoms. The Morgan fingerprint density at radius 2 is 1.83 bits per heavy atom. The van der Waals surface area contributed by atoms with Crippen molar-refractivity contribution in [3.63, 3.8) is 0 Å². The van der Waals surface area contributed by atoms with E-state index in [-0.39, 0.29) is 4.90 Å². The van der Waals surface area contributed by atoms with E-state index in [0.29, 0.717) is 5.02 Å². The van der Waals surface area contributed by atoms with Gasteiger partial charge in [-0.1, -0.05) is 11.6 Å². The largest absolute Gasteiger partial charge is 0.454 e. The van der Waals surface area contributed by atoms with Crippen LogP contribution in [0, 0.1) is 0 Å². The lowest BCUT2D eigenvalue weighted by Crippen LogP contribution is -2.49. The monoisotopic (exact) mass is 378 g/mol. The zero-order valence-electron chi connectivity index (χ0n) is 13.4. The second kappa shape index (κ2) is 8.43. The third-order valence-electron chi connectivity index (χ3n) is 2.98. The van der Waals surface area contributed by atoms with Gasteiger partial charge in [0.25, 0.3) is 5.91 Å². The van der Waals surface area contributed by atoms with Gasteiger partial charge in [0, 0.05) is 19.1 Å². The van der Waals surface area contributed by atoms with Crippen molar-refractivity contribution in [3.8, 4) is 0 Å². The van der Waals surface area contributed by atoms with Crippen molar-refractivity contribution in [3.05, 3.63) is 29.3 Å². The lowest BCUT2D eigenvalue weighted by atomic mass is 10.2. The standard InChI is InChI=1S/C14H19ClN2O6S/c1-9(18)13(14(20)23-8-12(19)17(2)3)16-24(21,22)11-6-4-10(15)5-7-11/h4-7,9,13,16,18H,8H2,1-3H3/t9-,13+/m0/s1. The zero-order valence-corrected chi connectivity index (χ0v) is 15.0. The van der Waals surface area contributed by atoms with Crippen molar-refractivity contribution in [2.75, 3.05) is 20.7 Å². The average molecular weight is 379 g/mol. The summed E-state index contributed by atoms with van der Waals surface area (Å²) in [5.74, 6) is -1.54. The van der Waals surface area contributed by atoms with Crippen molar-refractivity contribution in [1.29, 1.82) is 0 Å². The molecule has 0 fully saturated rings. The van der Waals surface area contributed by atoms with Crippen molar-refractivity contribution in [1.82, 2.24) is 9.62 Å². The van der Waals surface area contributed by atoms with Crippen LogP contribution in [0.15, 0.2) is 29.2 Å². The maximum Gasteiger partial charge on any atom is 0.327 e. The number of likely N-dealkylation sites (N-methyl/N-ethyl adjacent to an activating group) is 1. The van der Waals surface area contributed by atoms with Crippen LogP contribution in [0.25, 0.3) is 0 Å². The first-order chi connectivity index (χ1) is 11.0. The number of hydrogen-bond donors (Lipinski definition) is 2. The molecule has 0 aliphatic heterocycles. The number of esters is 1. The fourth-order valence-electron chi connectivity index (χ4n) is 1.54. The second-order valence-corrected chi connectivity index (χ2v) is 7.34. The minimum Gasteiger partial charge on any atom is -0.454 e. The average Bonchev–Trinajstić information content (AvgIpc) is 2.50. The number of rotatable bonds is 7. The summed E-state index contributed by atoms with van der Waals surface area (Å²) >= 11 is 5.70. The van der Waals surface area contributed by atoms with E-state index in [1.165, 1.54) is 50.2 Å². The van der Waals surface area contributed by atoms with Gasteiger partial charge >= 0.3 is 5.97 Å². The smallest absolute Gasteiger partial charge is 0.327 e. The Labute approximate surface area is 145 Å². The van der Waals surface area contributed by atoms with Gasteiger partial charge in [-0.2, -0.15) is 4.72 Å². The molecule has 0 spiro atoms. The van der Waals surface area contributed by atoms with E-state index in [2.05, 4.69) is 4.72 Å². The summed E-state index contributed by atoms with van der Waals surface area (Å²) in [7, 11) is -1.13. The summed E-state index contributed by atoms with van der Waals surface area (Å²) < 4.78 is 31.3. The molecular weight excluding hydrogens is 360 g/mol. The molecule has 1 amide bonds. The highest BCUT2D eigenvalue weighted by molar-refractivity contribution is 7.89. The summed E-state index contributed by atoms with van der Waals surface area (Å²) in [6.45, 7) is 0.668. The van der Waals surface area contributed by atoms with Crippen LogP contribution in [0.1, 0.15) is 6.92 Å². The topological polar surface area (TPSA) is 113 Å². The van der Waals surface area contributed by atoms with Gasteiger partial charge in [-0.25, -0.2) is 8.42 Å². The first kappa shape index (κ1) is 20.4. The van der Waals surface area contributed by atoms with Crippen molar-refractivity contribution in [2.45, 2.75) is 24.0 Å². The molecule has 24 heavy (non-hydrogen) atoms. The highest BCUT2D eigenvalue weighted by Gasteiger charge is 2.31. The first-order valence-corrected chi connectivity index (χ1v) is 8.73. The molecule has 1 aromatic rings. The highest BCUT2D eigenvalue weighted by Crippen LogP contribution is 2.15. The Balaban J connectivity index is 2.87. The summed E-state index contributed by atoms with van der Waals surface area (Å²) in [4.78, 5) is 24.5. The number of carbonyl (C=O) groups is 2. The van der Waals surface area contributed by atoms with E-state index < -0.39 is 40.7 Å². The number of amides is 1. The van der Waals surface area contributed by atoms with Crippen LogP contribution in [0.5, 0.6) is 0 Å². The Morgan fingerprint density at radius 3 is 2.29 bits per heavy atom. The predicted molar refractivity (Wildman–Crippen MR) is 86.9 cm³/mol. The molecule has 0 aliphatic carbocycles. The number of aliphatic hydroxyl groups excluding tert-OH is 1. The molecular formula is C14H19ClN2O6S. The Bertz CT molecular complexity index is 688. The van der Waals surface area contributed by atoms with E-state index in [4.69, 9.17) is 16.3 Å². The summed E-state index contributed by atoms with van der Waals surface area (Å²) in [6.07, 6.45) is -1.37. The fraction of sp³-hybridized carbons (Fsp3) is 0.429. The fourth-order valence-corrected chi connectivity index (χ4v) is 2.93. The second-order valence-electron chi connectivity index (χ2n) is 5.19. The molecule has 0 aromatic heterocycles. The molecule has 10 heteroatoms. The number of carbonyl (C=O) groups excluding carboxylic acids is 2. The van der Waals surface area contributed by atoms with E-state index >= 15 is 0 Å². The molecule has 1 aromatic carbocycles. The van der Waals surface area contributed by atoms with Crippen molar-refractivity contribution in [2.24, 2.45) is 0 Å². The maximum atomic E-state index is 12.3.